The van der Waals surface area contributed by atoms with Crippen LogP contribution in [0.15, 0.2) is 24.3 Å². The van der Waals surface area contributed by atoms with E-state index in [4.69, 9.17) is 0 Å². The van der Waals surface area contributed by atoms with Crippen molar-refractivity contribution in [3.8, 4) is 0 Å². The summed E-state index contributed by atoms with van der Waals surface area (Å²) in [4.78, 5) is 18.6. The molecule has 1 aromatic rings. The molecular weight excluding hydrogens is 286 g/mol. The maximum atomic E-state index is 12.0. The topological polar surface area (TPSA) is 26.8 Å². The van der Waals surface area contributed by atoms with Crippen LogP contribution in [-0.2, 0) is 16.8 Å². The summed E-state index contributed by atoms with van der Waals surface area (Å²) in [6.45, 7) is 7.10. The monoisotopic (exact) mass is 315 g/mol. The molecule has 2 aliphatic heterocycles. The number of nitrogens with zero attached hydrogens (tertiary/aromatic N) is 3. The molecule has 0 N–H and O–H groups in total. The third kappa shape index (κ3) is 3.02. The number of carbonyl (C=O) groups is 1. The highest BCUT2D eigenvalue weighted by Gasteiger charge is 2.43. The molecule has 0 saturated carbocycles. The van der Waals surface area contributed by atoms with Crippen LogP contribution in [0.4, 0.5) is 0 Å². The molecule has 1 spiro atoms. The van der Waals surface area contributed by atoms with Crippen molar-refractivity contribution in [3.05, 3.63) is 35.4 Å². The lowest BCUT2D eigenvalue weighted by Gasteiger charge is -2.52. The van der Waals surface area contributed by atoms with E-state index in [2.05, 4.69) is 41.0 Å². The summed E-state index contributed by atoms with van der Waals surface area (Å²) in [5.41, 5.74) is 3.24. The van der Waals surface area contributed by atoms with Gasteiger partial charge in [0.2, 0.25) is 5.91 Å². The molecule has 4 nitrogen and oxygen atoms in total. The number of benzene rings is 1. The number of likely N-dealkylation sites (N-methyl/N-ethyl adjacent to an activating group) is 2. The highest BCUT2D eigenvalue weighted by molar-refractivity contribution is 5.77. The van der Waals surface area contributed by atoms with Crippen LogP contribution in [0.2, 0.25) is 0 Å². The third-order valence-electron chi connectivity index (χ3n) is 5.70. The van der Waals surface area contributed by atoms with Crippen molar-refractivity contribution in [1.29, 1.82) is 0 Å². The van der Waals surface area contributed by atoms with E-state index in [0.29, 0.717) is 6.54 Å². The number of fused-ring (bicyclic) bond motifs is 2. The van der Waals surface area contributed by atoms with Crippen LogP contribution >= 0.6 is 0 Å². The Morgan fingerprint density at radius 2 is 1.87 bits per heavy atom. The second-order valence-electron chi connectivity index (χ2n) is 7.08. The van der Waals surface area contributed by atoms with E-state index in [1.807, 2.05) is 14.1 Å². The zero-order valence-corrected chi connectivity index (χ0v) is 14.7. The number of hydrogen-bond donors (Lipinski definition) is 0. The molecular formula is C19H29N3O. The Morgan fingerprint density at radius 3 is 2.52 bits per heavy atom. The largest absolute Gasteiger partial charge is 0.348 e. The zero-order chi connectivity index (χ0) is 16.4. The molecule has 126 valence electrons. The van der Waals surface area contributed by atoms with Gasteiger partial charge in [-0.25, -0.2) is 0 Å². The van der Waals surface area contributed by atoms with Gasteiger partial charge in [0.1, 0.15) is 0 Å². The second-order valence-corrected chi connectivity index (χ2v) is 7.08. The highest BCUT2D eigenvalue weighted by atomic mass is 16.2. The summed E-state index contributed by atoms with van der Waals surface area (Å²) in [6, 6.07) is 8.98. The van der Waals surface area contributed by atoms with Crippen molar-refractivity contribution in [3.63, 3.8) is 0 Å². The Balaban J connectivity index is 1.78. The van der Waals surface area contributed by atoms with Crippen LogP contribution in [0.25, 0.3) is 0 Å². The Hall–Kier alpha value is -1.39. The van der Waals surface area contributed by atoms with E-state index in [-0.39, 0.29) is 11.4 Å². The number of hydrogen-bond acceptors (Lipinski definition) is 3. The maximum absolute atomic E-state index is 12.0. The average molecular weight is 315 g/mol. The highest BCUT2D eigenvalue weighted by Crippen LogP contribution is 2.43. The predicted octanol–water partition coefficient (Wildman–Crippen LogP) is 1.94. The zero-order valence-electron chi connectivity index (χ0n) is 14.7. The van der Waals surface area contributed by atoms with Crippen LogP contribution in [0.5, 0.6) is 0 Å². The lowest BCUT2D eigenvalue weighted by Crippen LogP contribution is -2.56. The molecule has 0 aromatic heterocycles. The maximum Gasteiger partial charge on any atom is 0.236 e. The van der Waals surface area contributed by atoms with Gasteiger partial charge in [-0.1, -0.05) is 31.2 Å². The SMILES string of the molecule is CCN1CCc2ccccc2C12CCN(CC(=O)N(C)C)CC2. The van der Waals surface area contributed by atoms with Crippen molar-refractivity contribution < 1.29 is 4.79 Å². The van der Waals surface area contributed by atoms with Gasteiger partial charge in [-0.05, 0) is 36.9 Å². The normalized spacial score (nSPS) is 21.2. The molecule has 4 heteroatoms. The first-order chi connectivity index (χ1) is 11.1. The molecule has 0 radical (unpaired) electrons. The first kappa shape index (κ1) is 16.5. The fourth-order valence-electron chi connectivity index (χ4n) is 4.29. The summed E-state index contributed by atoms with van der Waals surface area (Å²) in [7, 11) is 3.67. The van der Waals surface area contributed by atoms with Crippen LogP contribution in [0.3, 0.4) is 0 Å². The van der Waals surface area contributed by atoms with Crippen LogP contribution in [-0.4, -0.2) is 67.4 Å². The standard InChI is InChI=1S/C19H29N3O/c1-4-22-12-9-16-7-5-6-8-17(16)19(22)10-13-21(14-11-19)15-18(23)20(2)3/h5-8H,4,9-15H2,1-3H3. The molecule has 0 bridgehead atoms. The third-order valence-corrected chi connectivity index (χ3v) is 5.70. The molecule has 1 amide bonds. The molecule has 3 rings (SSSR count). The van der Waals surface area contributed by atoms with Crippen molar-refractivity contribution in [2.45, 2.75) is 31.7 Å². The molecule has 0 aliphatic carbocycles. The van der Waals surface area contributed by atoms with Crippen molar-refractivity contribution in [1.82, 2.24) is 14.7 Å². The van der Waals surface area contributed by atoms with E-state index in [9.17, 15) is 4.79 Å². The van der Waals surface area contributed by atoms with Gasteiger partial charge in [0, 0.05) is 39.3 Å². The molecule has 0 unspecified atom stereocenters. The number of amides is 1. The van der Waals surface area contributed by atoms with Crippen molar-refractivity contribution in [2.75, 3.05) is 46.8 Å². The van der Waals surface area contributed by atoms with Crippen molar-refractivity contribution in [2.24, 2.45) is 0 Å². The van der Waals surface area contributed by atoms with E-state index < -0.39 is 0 Å². The van der Waals surface area contributed by atoms with E-state index in [1.54, 1.807) is 4.90 Å². The van der Waals surface area contributed by atoms with E-state index in [0.717, 1.165) is 45.4 Å². The Kier molecular flexibility index (Phi) is 4.74. The van der Waals surface area contributed by atoms with Gasteiger partial charge in [0.25, 0.3) is 0 Å². The number of carbonyl (C=O) groups excluding carboxylic acids is 1. The Labute approximate surface area is 140 Å². The number of piperidine rings is 1. The lowest BCUT2D eigenvalue weighted by atomic mass is 9.74. The summed E-state index contributed by atoms with van der Waals surface area (Å²) in [6.07, 6.45) is 3.41. The minimum Gasteiger partial charge on any atom is -0.348 e. The fourth-order valence-corrected chi connectivity index (χ4v) is 4.29. The second kappa shape index (κ2) is 6.62. The molecule has 1 saturated heterocycles. The van der Waals surface area contributed by atoms with Crippen LogP contribution in [0.1, 0.15) is 30.9 Å². The molecule has 1 aromatic carbocycles. The van der Waals surface area contributed by atoms with Gasteiger partial charge >= 0.3 is 0 Å². The minimum absolute atomic E-state index is 0.182. The summed E-state index contributed by atoms with van der Waals surface area (Å²) in [5.74, 6) is 0.206. The molecule has 2 heterocycles. The fraction of sp³-hybridized carbons (Fsp3) is 0.632. The van der Waals surface area contributed by atoms with Crippen LogP contribution in [0, 0.1) is 0 Å². The van der Waals surface area contributed by atoms with Gasteiger partial charge in [-0.2, -0.15) is 0 Å². The quantitative estimate of drug-likeness (QED) is 0.853. The molecule has 23 heavy (non-hydrogen) atoms. The lowest BCUT2D eigenvalue weighted by molar-refractivity contribution is -0.130. The van der Waals surface area contributed by atoms with Crippen LogP contribution < -0.4 is 0 Å². The first-order valence-electron chi connectivity index (χ1n) is 8.83. The van der Waals surface area contributed by atoms with Gasteiger partial charge in [0.05, 0.1) is 6.54 Å². The van der Waals surface area contributed by atoms with Gasteiger partial charge in [-0.3, -0.25) is 14.6 Å². The van der Waals surface area contributed by atoms with E-state index >= 15 is 0 Å². The molecule has 0 atom stereocenters. The summed E-state index contributed by atoms with van der Waals surface area (Å²) >= 11 is 0. The van der Waals surface area contributed by atoms with Crippen molar-refractivity contribution >= 4 is 5.91 Å². The smallest absolute Gasteiger partial charge is 0.236 e. The average Bonchev–Trinajstić information content (AvgIpc) is 2.57. The summed E-state index contributed by atoms with van der Waals surface area (Å²) in [5, 5.41) is 0. The summed E-state index contributed by atoms with van der Waals surface area (Å²) < 4.78 is 0. The molecule has 1 fully saturated rings. The predicted molar refractivity (Wildman–Crippen MR) is 93.4 cm³/mol. The minimum atomic E-state index is 0.182. The van der Waals surface area contributed by atoms with Gasteiger partial charge in [0.15, 0.2) is 0 Å². The Bertz CT molecular complexity index is 561. The molecule has 2 aliphatic rings. The number of rotatable bonds is 3. The van der Waals surface area contributed by atoms with E-state index in [1.165, 1.54) is 11.1 Å². The van der Waals surface area contributed by atoms with Gasteiger partial charge in [-0.15, -0.1) is 0 Å². The number of likely N-dealkylation sites (tertiary alicyclic amines) is 1. The van der Waals surface area contributed by atoms with Gasteiger partial charge < -0.3 is 4.90 Å². The first-order valence-corrected chi connectivity index (χ1v) is 8.83. The Morgan fingerprint density at radius 1 is 1.17 bits per heavy atom.